The number of ether oxygens (including phenoxy) is 1. The Labute approximate surface area is 157 Å². The van der Waals surface area contributed by atoms with E-state index in [-0.39, 0.29) is 11.9 Å². The number of amides is 1. The van der Waals surface area contributed by atoms with E-state index >= 15 is 0 Å². The molecule has 0 radical (unpaired) electrons. The predicted molar refractivity (Wildman–Crippen MR) is 97.6 cm³/mol. The zero-order valence-electron chi connectivity index (χ0n) is 15.3. The molecule has 1 amide bonds. The van der Waals surface area contributed by atoms with Gasteiger partial charge < -0.3 is 14.7 Å². The van der Waals surface area contributed by atoms with Crippen LogP contribution in [0, 0.1) is 6.92 Å². The maximum atomic E-state index is 13.2. The number of benzene rings is 1. The van der Waals surface area contributed by atoms with Gasteiger partial charge >= 0.3 is 5.97 Å². The van der Waals surface area contributed by atoms with Crippen LogP contribution in [0.25, 0.3) is 0 Å². The summed E-state index contributed by atoms with van der Waals surface area (Å²) in [6.45, 7) is 3.65. The van der Waals surface area contributed by atoms with Gasteiger partial charge in [0.2, 0.25) is 0 Å². The average Bonchev–Trinajstić information content (AvgIpc) is 3.08. The summed E-state index contributed by atoms with van der Waals surface area (Å²) in [4.78, 5) is 26.7. The SMILES string of the molecule is Cc1c(C(=O)N2CCc3ccccc3C2C(=O)O)cnn1C1CCOCC1. The minimum atomic E-state index is -1.01. The van der Waals surface area contributed by atoms with Crippen molar-refractivity contribution in [1.29, 1.82) is 0 Å². The number of aromatic nitrogens is 2. The van der Waals surface area contributed by atoms with Crippen LogP contribution < -0.4 is 0 Å². The number of fused-ring (bicyclic) bond motifs is 1. The van der Waals surface area contributed by atoms with E-state index in [1.54, 1.807) is 12.3 Å². The molecular formula is C20H23N3O4. The van der Waals surface area contributed by atoms with E-state index in [9.17, 15) is 14.7 Å². The molecule has 2 aliphatic rings. The van der Waals surface area contributed by atoms with Crippen molar-refractivity contribution in [1.82, 2.24) is 14.7 Å². The van der Waals surface area contributed by atoms with E-state index < -0.39 is 12.0 Å². The van der Waals surface area contributed by atoms with Crippen LogP contribution in [0.15, 0.2) is 30.5 Å². The average molecular weight is 369 g/mol. The summed E-state index contributed by atoms with van der Waals surface area (Å²) >= 11 is 0. The molecule has 0 aliphatic carbocycles. The van der Waals surface area contributed by atoms with Crippen LogP contribution in [-0.2, 0) is 16.0 Å². The van der Waals surface area contributed by atoms with Gasteiger partial charge in [0.25, 0.3) is 5.91 Å². The third kappa shape index (κ3) is 3.12. The van der Waals surface area contributed by atoms with Gasteiger partial charge in [-0.1, -0.05) is 24.3 Å². The first kappa shape index (κ1) is 17.7. The fourth-order valence-electron chi connectivity index (χ4n) is 4.14. The van der Waals surface area contributed by atoms with Gasteiger partial charge in [-0.3, -0.25) is 9.48 Å². The van der Waals surface area contributed by atoms with Gasteiger partial charge in [0, 0.05) is 25.5 Å². The molecule has 2 aromatic rings. The molecule has 1 atom stereocenters. The molecule has 7 nitrogen and oxygen atoms in total. The van der Waals surface area contributed by atoms with E-state index in [2.05, 4.69) is 5.10 Å². The largest absolute Gasteiger partial charge is 0.479 e. The first-order valence-electron chi connectivity index (χ1n) is 9.31. The van der Waals surface area contributed by atoms with Crippen LogP contribution in [0.4, 0.5) is 0 Å². The summed E-state index contributed by atoms with van der Waals surface area (Å²) < 4.78 is 7.29. The topological polar surface area (TPSA) is 84.7 Å². The van der Waals surface area contributed by atoms with Crippen molar-refractivity contribution >= 4 is 11.9 Å². The second kappa shape index (κ2) is 7.15. The van der Waals surface area contributed by atoms with Crippen LogP contribution in [0.3, 0.4) is 0 Å². The molecule has 27 heavy (non-hydrogen) atoms. The molecule has 2 aliphatic heterocycles. The normalized spacial score (nSPS) is 20.3. The number of hydrogen-bond donors (Lipinski definition) is 1. The number of carboxylic acid groups (broad SMARTS) is 1. The third-order valence-corrected chi connectivity index (χ3v) is 5.59. The Hall–Kier alpha value is -2.67. The van der Waals surface area contributed by atoms with Crippen LogP contribution in [0.2, 0.25) is 0 Å². The van der Waals surface area contributed by atoms with Crippen molar-refractivity contribution in [3.63, 3.8) is 0 Å². The van der Waals surface area contributed by atoms with Gasteiger partial charge in [0.05, 0.1) is 17.8 Å². The lowest BCUT2D eigenvalue weighted by atomic mass is 9.92. The minimum Gasteiger partial charge on any atom is -0.479 e. The highest BCUT2D eigenvalue weighted by Gasteiger charge is 2.37. The molecule has 3 heterocycles. The lowest BCUT2D eigenvalue weighted by Crippen LogP contribution is -2.43. The van der Waals surface area contributed by atoms with E-state index in [0.717, 1.165) is 24.1 Å². The Morgan fingerprint density at radius 1 is 1.22 bits per heavy atom. The molecule has 0 saturated carbocycles. The molecule has 7 heteroatoms. The fourth-order valence-corrected chi connectivity index (χ4v) is 4.14. The van der Waals surface area contributed by atoms with Gasteiger partial charge in [0.15, 0.2) is 6.04 Å². The van der Waals surface area contributed by atoms with Gasteiger partial charge in [-0.2, -0.15) is 5.10 Å². The maximum absolute atomic E-state index is 13.2. The van der Waals surface area contributed by atoms with Crippen LogP contribution in [-0.4, -0.2) is 51.4 Å². The van der Waals surface area contributed by atoms with Gasteiger partial charge in [0.1, 0.15) is 0 Å². The number of nitrogens with zero attached hydrogens (tertiary/aromatic N) is 3. The molecule has 1 aromatic heterocycles. The molecule has 1 fully saturated rings. The predicted octanol–water partition coefficient (Wildman–Crippen LogP) is 2.37. The lowest BCUT2D eigenvalue weighted by Gasteiger charge is -2.34. The zero-order chi connectivity index (χ0) is 19.0. The van der Waals surface area contributed by atoms with Gasteiger partial charge in [-0.15, -0.1) is 0 Å². The van der Waals surface area contributed by atoms with E-state index in [4.69, 9.17) is 4.74 Å². The van der Waals surface area contributed by atoms with Crippen LogP contribution in [0.5, 0.6) is 0 Å². The lowest BCUT2D eigenvalue weighted by molar-refractivity contribution is -0.143. The molecule has 0 bridgehead atoms. The molecule has 1 N–H and O–H groups in total. The summed E-state index contributed by atoms with van der Waals surface area (Å²) in [5, 5.41) is 14.2. The van der Waals surface area contributed by atoms with E-state index in [1.165, 1.54) is 4.90 Å². The smallest absolute Gasteiger partial charge is 0.331 e. The molecule has 1 unspecified atom stereocenters. The number of carbonyl (C=O) groups is 2. The van der Waals surface area contributed by atoms with Gasteiger partial charge in [-0.05, 0) is 37.3 Å². The highest BCUT2D eigenvalue weighted by molar-refractivity contribution is 5.98. The number of hydrogen-bond acceptors (Lipinski definition) is 4. The summed E-state index contributed by atoms with van der Waals surface area (Å²) in [6, 6.07) is 6.70. The first-order valence-corrected chi connectivity index (χ1v) is 9.31. The Morgan fingerprint density at radius 3 is 2.70 bits per heavy atom. The standard InChI is InChI=1S/C20H23N3O4/c1-13-17(12-21-23(13)15-7-10-27-11-8-15)19(24)22-9-6-14-4-2-3-5-16(14)18(22)20(25)26/h2-5,12,15,18H,6-11H2,1H3,(H,25,26). The summed E-state index contributed by atoms with van der Waals surface area (Å²) in [5.74, 6) is -1.28. The molecule has 1 saturated heterocycles. The Balaban J connectivity index is 1.64. The fraction of sp³-hybridized carbons (Fsp3) is 0.450. The summed E-state index contributed by atoms with van der Waals surface area (Å²) in [6.07, 6.45) is 3.96. The highest BCUT2D eigenvalue weighted by atomic mass is 16.5. The Morgan fingerprint density at radius 2 is 1.96 bits per heavy atom. The second-order valence-corrected chi connectivity index (χ2v) is 7.12. The molecule has 0 spiro atoms. The highest BCUT2D eigenvalue weighted by Crippen LogP contribution is 2.32. The first-order chi connectivity index (χ1) is 13.1. The zero-order valence-corrected chi connectivity index (χ0v) is 15.3. The number of carbonyl (C=O) groups excluding carboxylic acids is 1. The summed E-state index contributed by atoms with van der Waals surface area (Å²) in [5.41, 5.74) is 2.95. The van der Waals surface area contributed by atoms with Crippen molar-refractivity contribution in [3.8, 4) is 0 Å². The quantitative estimate of drug-likeness (QED) is 0.898. The molecule has 142 valence electrons. The molecular weight excluding hydrogens is 346 g/mol. The van der Waals surface area contributed by atoms with Crippen LogP contribution >= 0.6 is 0 Å². The molecule has 1 aromatic carbocycles. The van der Waals surface area contributed by atoms with Crippen molar-refractivity contribution in [2.24, 2.45) is 0 Å². The molecule has 4 rings (SSSR count). The third-order valence-electron chi connectivity index (χ3n) is 5.59. The van der Waals surface area contributed by atoms with Crippen molar-refractivity contribution in [3.05, 3.63) is 52.8 Å². The van der Waals surface area contributed by atoms with Gasteiger partial charge in [-0.25, -0.2) is 4.79 Å². The Bertz CT molecular complexity index is 870. The number of aliphatic carboxylic acids is 1. The Kier molecular flexibility index (Phi) is 4.70. The monoisotopic (exact) mass is 369 g/mol. The van der Waals surface area contributed by atoms with E-state index in [1.807, 2.05) is 29.8 Å². The van der Waals surface area contributed by atoms with Crippen molar-refractivity contribution < 1.29 is 19.4 Å². The number of rotatable bonds is 3. The van der Waals surface area contributed by atoms with Crippen molar-refractivity contribution in [2.75, 3.05) is 19.8 Å². The maximum Gasteiger partial charge on any atom is 0.331 e. The second-order valence-electron chi connectivity index (χ2n) is 7.12. The summed E-state index contributed by atoms with van der Waals surface area (Å²) in [7, 11) is 0. The van der Waals surface area contributed by atoms with Crippen molar-refractivity contribution in [2.45, 2.75) is 38.3 Å². The van der Waals surface area contributed by atoms with E-state index in [0.29, 0.717) is 37.3 Å². The van der Waals surface area contributed by atoms with Crippen LogP contribution in [0.1, 0.15) is 52.1 Å². The number of carboxylic acids is 1. The minimum absolute atomic E-state index is 0.220.